The quantitative estimate of drug-likeness (QED) is 0.803. The molecule has 1 aliphatic carbocycles. The van der Waals surface area contributed by atoms with E-state index < -0.39 is 0 Å². The first-order chi connectivity index (χ1) is 8.65. The normalized spacial score (nSPS) is 24.8. The highest BCUT2D eigenvalue weighted by molar-refractivity contribution is 5.82. The molecule has 1 saturated carbocycles. The van der Waals surface area contributed by atoms with Gasteiger partial charge in [-0.25, -0.2) is 0 Å². The second-order valence-electron chi connectivity index (χ2n) is 7.57. The number of carbonyl (C=O) groups excluding carboxylic acids is 1. The van der Waals surface area contributed by atoms with E-state index in [0.717, 1.165) is 6.42 Å². The first kappa shape index (κ1) is 16.5. The highest BCUT2D eigenvalue weighted by Crippen LogP contribution is 2.35. The summed E-state index contributed by atoms with van der Waals surface area (Å²) in [4.78, 5) is 12.2. The monoisotopic (exact) mass is 268 g/mol. The minimum atomic E-state index is -0.112. The van der Waals surface area contributed by atoms with Crippen molar-refractivity contribution in [1.82, 2.24) is 10.6 Å². The van der Waals surface area contributed by atoms with Gasteiger partial charge >= 0.3 is 0 Å². The van der Waals surface area contributed by atoms with E-state index in [2.05, 4.69) is 45.3 Å². The summed E-state index contributed by atoms with van der Waals surface area (Å²) in [6.45, 7) is 12.9. The molecule has 3 nitrogen and oxygen atoms in total. The van der Waals surface area contributed by atoms with Crippen molar-refractivity contribution in [2.45, 2.75) is 91.3 Å². The standard InChI is InChI=1S/C16H32N2O/c1-7-16(5,6)18-14(19)12(2)17-13-9-8-10-15(3,4)11-13/h12-13,17H,7-11H2,1-6H3,(H,18,19). The summed E-state index contributed by atoms with van der Waals surface area (Å²) >= 11 is 0. The molecule has 0 spiro atoms. The molecule has 19 heavy (non-hydrogen) atoms. The predicted molar refractivity (Wildman–Crippen MR) is 81.1 cm³/mol. The number of hydrogen-bond donors (Lipinski definition) is 2. The maximum Gasteiger partial charge on any atom is 0.237 e. The van der Waals surface area contributed by atoms with E-state index in [-0.39, 0.29) is 17.5 Å². The van der Waals surface area contributed by atoms with E-state index in [1.54, 1.807) is 0 Å². The number of carbonyl (C=O) groups is 1. The van der Waals surface area contributed by atoms with Crippen LogP contribution in [0.5, 0.6) is 0 Å². The molecule has 3 heteroatoms. The second-order valence-corrected chi connectivity index (χ2v) is 7.57. The summed E-state index contributed by atoms with van der Waals surface area (Å²) in [6, 6.07) is 0.374. The average molecular weight is 268 g/mol. The Morgan fingerprint density at radius 1 is 1.42 bits per heavy atom. The molecule has 1 rings (SSSR count). The van der Waals surface area contributed by atoms with Crippen molar-refractivity contribution < 1.29 is 4.79 Å². The predicted octanol–water partition coefficient (Wildman–Crippen LogP) is 3.24. The van der Waals surface area contributed by atoms with Gasteiger partial charge in [-0.2, -0.15) is 0 Å². The second kappa shape index (κ2) is 6.25. The van der Waals surface area contributed by atoms with E-state index >= 15 is 0 Å². The first-order valence-corrected chi connectivity index (χ1v) is 7.73. The molecule has 0 radical (unpaired) electrons. The summed E-state index contributed by atoms with van der Waals surface area (Å²) in [5.41, 5.74) is 0.299. The van der Waals surface area contributed by atoms with Crippen LogP contribution in [0, 0.1) is 5.41 Å². The molecule has 0 bridgehead atoms. The van der Waals surface area contributed by atoms with Gasteiger partial charge < -0.3 is 10.6 Å². The Hall–Kier alpha value is -0.570. The highest BCUT2D eigenvalue weighted by Gasteiger charge is 2.30. The Bertz CT molecular complexity index is 310. The van der Waals surface area contributed by atoms with Crippen molar-refractivity contribution in [2.75, 3.05) is 0 Å². The zero-order valence-corrected chi connectivity index (χ0v) is 13.6. The van der Waals surface area contributed by atoms with Gasteiger partial charge in [-0.15, -0.1) is 0 Å². The Kier molecular flexibility index (Phi) is 5.43. The molecule has 0 aromatic heterocycles. The Morgan fingerprint density at radius 2 is 2.05 bits per heavy atom. The lowest BCUT2D eigenvalue weighted by molar-refractivity contribution is -0.124. The lowest BCUT2D eigenvalue weighted by atomic mass is 9.75. The molecule has 1 aliphatic rings. The molecule has 112 valence electrons. The lowest BCUT2D eigenvalue weighted by Gasteiger charge is -2.37. The SMILES string of the molecule is CCC(C)(C)NC(=O)C(C)NC1CCCC(C)(C)C1. The van der Waals surface area contributed by atoms with Crippen molar-refractivity contribution in [3.8, 4) is 0 Å². The van der Waals surface area contributed by atoms with E-state index in [0.29, 0.717) is 11.5 Å². The number of rotatable bonds is 5. The fraction of sp³-hybridized carbons (Fsp3) is 0.938. The maximum atomic E-state index is 12.2. The Labute approximate surface area is 118 Å². The van der Waals surface area contributed by atoms with Gasteiger partial charge in [0, 0.05) is 11.6 Å². The fourth-order valence-corrected chi connectivity index (χ4v) is 2.80. The zero-order valence-electron chi connectivity index (χ0n) is 13.6. The molecule has 0 aromatic rings. The molecule has 0 heterocycles. The Morgan fingerprint density at radius 3 is 2.58 bits per heavy atom. The average Bonchev–Trinajstić information content (AvgIpc) is 2.27. The van der Waals surface area contributed by atoms with Gasteiger partial charge in [-0.3, -0.25) is 4.79 Å². The minimum absolute atomic E-state index is 0.107. The third-order valence-corrected chi connectivity index (χ3v) is 4.43. The van der Waals surface area contributed by atoms with Crippen molar-refractivity contribution in [2.24, 2.45) is 5.41 Å². The van der Waals surface area contributed by atoms with Crippen molar-refractivity contribution in [3.63, 3.8) is 0 Å². The summed E-state index contributed by atoms with van der Waals surface area (Å²) < 4.78 is 0. The van der Waals surface area contributed by atoms with Gasteiger partial charge in [-0.1, -0.05) is 27.2 Å². The third kappa shape index (κ3) is 5.52. The summed E-state index contributed by atoms with van der Waals surface area (Å²) in [7, 11) is 0. The molecule has 0 aromatic carbocycles. The van der Waals surface area contributed by atoms with Crippen LogP contribution >= 0.6 is 0 Å². The molecule has 2 atom stereocenters. The molecule has 0 saturated heterocycles. The maximum absolute atomic E-state index is 12.2. The number of hydrogen-bond acceptors (Lipinski definition) is 2. The summed E-state index contributed by atoms with van der Waals surface area (Å²) in [5.74, 6) is 0.121. The zero-order chi connectivity index (χ0) is 14.7. The highest BCUT2D eigenvalue weighted by atomic mass is 16.2. The summed E-state index contributed by atoms with van der Waals surface area (Å²) in [6.07, 6.45) is 5.87. The smallest absolute Gasteiger partial charge is 0.237 e. The van der Waals surface area contributed by atoms with Gasteiger partial charge in [0.15, 0.2) is 0 Å². The van der Waals surface area contributed by atoms with Gasteiger partial charge in [0.25, 0.3) is 0 Å². The van der Waals surface area contributed by atoms with E-state index in [4.69, 9.17) is 0 Å². The van der Waals surface area contributed by atoms with Crippen LogP contribution in [0.15, 0.2) is 0 Å². The summed E-state index contributed by atoms with van der Waals surface area (Å²) in [5, 5.41) is 6.62. The molecule has 2 unspecified atom stereocenters. The van der Waals surface area contributed by atoms with Gasteiger partial charge in [0.05, 0.1) is 6.04 Å². The molecular formula is C16H32N2O. The van der Waals surface area contributed by atoms with Gasteiger partial charge in [0.1, 0.15) is 0 Å². The lowest BCUT2D eigenvalue weighted by Crippen LogP contribution is -2.53. The van der Waals surface area contributed by atoms with Crippen LogP contribution in [0.1, 0.15) is 73.6 Å². The van der Waals surface area contributed by atoms with Gasteiger partial charge in [0.2, 0.25) is 5.91 Å². The number of amides is 1. The van der Waals surface area contributed by atoms with E-state index in [1.807, 2.05) is 6.92 Å². The third-order valence-electron chi connectivity index (χ3n) is 4.43. The van der Waals surface area contributed by atoms with Crippen LogP contribution in [0.2, 0.25) is 0 Å². The number of nitrogens with one attached hydrogen (secondary N) is 2. The van der Waals surface area contributed by atoms with Crippen LogP contribution in [0.4, 0.5) is 0 Å². The van der Waals surface area contributed by atoms with Crippen LogP contribution in [0.3, 0.4) is 0 Å². The fourth-order valence-electron chi connectivity index (χ4n) is 2.80. The molecule has 1 fully saturated rings. The molecule has 2 N–H and O–H groups in total. The van der Waals surface area contributed by atoms with Crippen LogP contribution in [-0.4, -0.2) is 23.5 Å². The van der Waals surface area contributed by atoms with Gasteiger partial charge in [-0.05, 0) is 51.9 Å². The minimum Gasteiger partial charge on any atom is -0.350 e. The molecule has 0 aliphatic heterocycles. The first-order valence-electron chi connectivity index (χ1n) is 7.73. The molecule has 1 amide bonds. The van der Waals surface area contributed by atoms with Crippen molar-refractivity contribution >= 4 is 5.91 Å². The van der Waals surface area contributed by atoms with E-state index in [9.17, 15) is 4.79 Å². The van der Waals surface area contributed by atoms with Crippen LogP contribution < -0.4 is 10.6 Å². The Balaban J connectivity index is 2.46. The van der Waals surface area contributed by atoms with Crippen molar-refractivity contribution in [3.05, 3.63) is 0 Å². The van der Waals surface area contributed by atoms with Crippen LogP contribution in [0.25, 0.3) is 0 Å². The molecular weight excluding hydrogens is 236 g/mol. The van der Waals surface area contributed by atoms with Crippen LogP contribution in [-0.2, 0) is 4.79 Å². The topological polar surface area (TPSA) is 41.1 Å². The largest absolute Gasteiger partial charge is 0.350 e. The van der Waals surface area contributed by atoms with Crippen molar-refractivity contribution in [1.29, 1.82) is 0 Å². The van der Waals surface area contributed by atoms with E-state index in [1.165, 1.54) is 25.7 Å².